The van der Waals surface area contributed by atoms with Crippen LogP contribution in [0.5, 0.6) is 23.0 Å². The van der Waals surface area contributed by atoms with Gasteiger partial charge in [-0.05, 0) is 135 Å². The van der Waals surface area contributed by atoms with Gasteiger partial charge in [-0.15, -0.1) is 48.2 Å². The predicted molar refractivity (Wildman–Crippen MR) is 390 cm³/mol. The van der Waals surface area contributed by atoms with Gasteiger partial charge in [0, 0.05) is 76.0 Å². The molecule has 100 heavy (non-hydrogen) atoms. The molecule has 0 radical (unpaired) electrons. The van der Waals surface area contributed by atoms with Crippen molar-refractivity contribution in [1.82, 2.24) is 39.6 Å². The molecular formula is C73H93ClN8O14S4. The molecule has 6 heterocycles. The Kier molecular flexibility index (Phi) is 21.1. The first kappa shape index (κ1) is 75.6. The van der Waals surface area contributed by atoms with Gasteiger partial charge >= 0.3 is 6.09 Å². The van der Waals surface area contributed by atoms with Gasteiger partial charge in [-0.1, -0.05) is 53.7 Å². The maximum atomic E-state index is 14.5. The molecule has 2 aliphatic heterocycles. The highest BCUT2D eigenvalue weighted by atomic mass is 35.5. The lowest BCUT2D eigenvalue weighted by Crippen LogP contribution is -2.48. The Hall–Kier alpha value is -7.10. The number of likely N-dealkylation sites (tertiary alicyclic amines) is 1. The molecule has 4 aliphatic carbocycles. The lowest BCUT2D eigenvalue weighted by atomic mass is 9.88. The van der Waals surface area contributed by atoms with Gasteiger partial charge in [-0.25, -0.2) is 41.6 Å². The highest BCUT2D eigenvalue weighted by Crippen LogP contribution is 2.59. The number of nitrogens with one attached hydrogen (secondary N) is 3. The van der Waals surface area contributed by atoms with E-state index in [9.17, 15) is 40.8 Å². The zero-order chi connectivity index (χ0) is 72.0. The number of hydrogen-bond acceptors (Lipinski definition) is 21. The van der Waals surface area contributed by atoms with Gasteiger partial charge in [0.1, 0.15) is 68.3 Å². The van der Waals surface area contributed by atoms with Crippen molar-refractivity contribution in [2.45, 2.75) is 193 Å². The first-order chi connectivity index (χ1) is 46.5. The summed E-state index contributed by atoms with van der Waals surface area (Å²) in [6.07, 6.45) is 3.83. The molecule has 2 aromatic carbocycles. The van der Waals surface area contributed by atoms with E-state index in [1.165, 1.54) is 16.2 Å². The summed E-state index contributed by atoms with van der Waals surface area (Å²) in [6.45, 7) is 32.7. The van der Waals surface area contributed by atoms with Gasteiger partial charge < -0.3 is 29.0 Å². The number of thiazole rings is 2. The van der Waals surface area contributed by atoms with Crippen LogP contribution < -0.4 is 33.7 Å². The van der Waals surface area contributed by atoms with Gasteiger partial charge in [0.25, 0.3) is 0 Å². The molecule has 0 spiro atoms. The van der Waals surface area contributed by atoms with Gasteiger partial charge in [-0.2, -0.15) is 0 Å². The van der Waals surface area contributed by atoms with E-state index < -0.39 is 93.9 Å². The summed E-state index contributed by atoms with van der Waals surface area (Å²) < 4.78 is 84.8. The van der Waals surface area contributed by atoms with Crippen molar-refractivity contribution in [3.63, 3.8) is 0 Å². The number of rotatable bonds is 24. The number of aromatic nitrogens is 4. The van der Waals surface area contributed by atoms with Crippen LogP contribution in [0.4, 0.5) is 4.79 Å². The van der Waals surface area contributed by atoms with E-state index in [0.29, 0.717) is 72.8 Å². The van der Waals surface area contributed by atoms with Crippen molar-refractivity contribution in [3.05, 3.63) is 95.0 Å². The minimum Gasteiger partial charge on any atom is -0.496 e. The molecule has 0 bridgehead atoms. The van der Waals surface area contributed by atoms with Crippen LogP contribution in [0.2, 0.25) is 0 Å². The molecule has 6 aliphatic rings. The first-order valence-electron chi connectivity index (χ1n) is 33.9. The first-order valence-corrected chi connectivity index (χ1v) is 38.6. The van der Waals surface area contributed by atoms with Crippen LogP contribution in [0, 0.1) is 48.3 Å². The van der Waals surface area contributed by atoms with E-state index in [2.05, 4.69) is 61.0 Å². The zero-order valence-corrected chi connectivity index (χ0v) is 63.6. The summed E-state index contributed by atoms with van der Waals surface area (Å²) in [5.41, 5.74) is 3.18. The summed E-state index contributed by atoms with van der Waals surface area (Å²) in [4.78, 5) is 90.0. The van der Waals surface area contributed by atoms with E-state index >= 15 is 0 Å². The number of methoxy groups -OCH3 is 2. The summed E-state index contributed by atoms with van der Waals surface area (Å²) in [6, 6.07) is 9.76. The monoisotopic (exact) mass is 1470 g/mol. The van der Waals surface area contributed by atoms with Crippen LogP contribution in [-0.2, 0) is 44.0 Å². The second kappa shape index (κ2) is 27.9. The quantitative estimate of drug-likeness (QED) is 0.0474. The maximum Gasteiger partial charge on any atom is 0.411 e. The summed E-state index contributed by atoms with van der Waals surface area (Å²) in [5, 5.41) is 10.5. The van der Waals surface area contributed by atoms with Crippen molar-refractivity contribution in [3.8, 4) is 44.4 Å². The molecule has 10 atom stereocenters. The van der Waals surface area contributed by atoms with Gasteiger partial charge in [-0.3, -0.25) is 33.5 Å². The smallest absolute Gasteiger partial charge is 0.411 e. The fourth-order valence-corrected chi connectivity index (χ4v) is 18.1. The normalized spacial score (nSPS) is 25.4. The Morgan fingerprint density at radius 3 is 1.48 bits per heavy atom. The average molecular weight is 1470 g/mol. The molecule has 4 aromatic heterocycles. The lowest BCUT2D eigenvalue weighted by Gasteiger charge is -2.29. The van der Waals surface area contributed by atoms with E-state index in [4.69, 9.17) is 43.6 Å². The second-order valence-corrected chi connectivity index (χ2v) is 36.1. The standard InChI is InChI=1S/C39H50N4O8S2.C34H42N4O6S2.ClH/c1-11-24-17-39(24,35(45)42-53(47,48)38(9)14-15-38)18-28(44)33-23(5)31(19-43(33)36(46)51-37(6,7)8)50-30-16-26(34-41-27(20-52-34)21(2)3)40-32-22(4)29(49-10)13-12-25(30)32;1-8-21-14-34(21,32(40)38-46(41,42)33(6)11-12-33)15-25(39)30-20(5)28(16-35-30)44-27-13-23(31-37-24(17-45-31)18(2)3)36-29-19(4)26(43-7)10-9-22(27)29;/h11-13,16,20-21,23-24,31,33H,1,14-15,17-19H2,2-10H3,(H,42,45);8-10,13,17-18,20-21,28,30,35H,1,11-12,14-16H2,2-7H3,(H,38,40);1H/t23-,24+,31-,33-,39+;20-,21+,28-,30-,34+;/m00./s1. The van der Waals surface area contributed by atoms with Crippen LogP contribution >= 0.6 is 35.1 Å². The zero-order valence-electron chi connectivity index (χ0n) is 59.5. The van der Waals surface area contributed by atoms with Crippen LogP contribution in [-0.4, -0.2) is 138 Å². The molecule has 540 valence electrons. The highest BCUT2D eigenvalue weighted by molar-refractivity contribution is 7.92. The maximum absolute atomic E-state index is 14.5. The van der Waals surface area contributed by atoms with E-state index in [1.54, 1.807) is 72.3 Å². The Bertz CT molecular complexity index is 4480. The third kappa shape index (κ3) is 14.5. The molecule has 3 N–H and O–H groups in total. The number of benzene rings is 2. The molecule has 27 heteroatoms. The molecule has 0 unspecified atom stereocenters. The fourth-order valence-electron chi connectivity index (χ4n) is 13.5. The summed E-state index contributed by atoms with van der Waals surface area (Å²) >= 11 is 3.03. The SMILES string of the molecule is C=C[C@@H]1C[C@]1(CC(=O)[C@@H]1[C@@H](C)[C@@H](Oc2cc(-c3nc(C(C)C)cs3)nc3c(C)c(OC)ccc23)CN1C(=O)OC(C)(C)C)C(=O)NS(=O)(=O)C1(C)CC1.C=C[C@@H]1C[C@]1(CC(=O)[C@H]1NC[C@H](Oc2cc(-c3nc(C(C)C)cs3)nc3c(C)c(OC)ccc23)[C@@H]1C)C(=O)NS(=O)(=O)C1(C)CC1.Cl. The Morgan fingerprint density at radius 1 is 0.670 bits per heavy atom. The summed E-state index contributed by atoms with van der Waals surface area (Å²) in [7, 11) is -4.52. The number of ether oxygens (including phenoxy) is 5. The van der Waals surface area contributed by atoms with Crippen LogP contribution in [0.3, 0.4) is 0 Å². The molecule has 3 amide bonds. The number of hydrogen-bond donors (Lipinski definition) is 3. The van der Waals surface area contributed by atoms with E-state index in [1.807, 2.05) is 69.5 Å². The number of fused-ring (bicyclic) bond motifs is 2. The van der Waals surface area contributed by atoms with Gasteiger partial charge in [0.2, 0.25) is 31.9 Å². The predicted octanol–water partition coefficient (Wildman–Crippen LogP) is 12.7. The van der Waals surface area contributed by atoms with Gasteiger partial charge in [0.15, 0.2) is 11.6 Å². The molecule has 4 saturated carbocycles. The number of halogens is 1. The molecule has 2 saturated heterocycles. The number of carbonyl (C=O) groups excluding carboxylic acids is 5. The third-order valence-corrected chi connectivity index (χ3v) is 27.2. The second-order valence-electron chi connectivity index (χ2n) is 30.0. The number of pyridine rings is 2. The number of nitrogens with zero attached hydrogens (tertiary/aromatic N) is 5. The fraction of sp³-hybridized carbons (Fsp3) is 0.548. The number of carbonyl (C=O) groups is 5. The van der Waals surface area contributed by atoms with Crippen molar-refractivity contribution in [2.75, 3.05) is 27.3 Å². The number of aryl methyl sites for hydroxylation is 2. The molecule has 12 rings (SSSR count). The molecule has 6 aromatic rings. The Labute approximate surface area is 600 Å². The van der Waals surface area contributed by atoms with E-state index in [-0.39, 0.29) is 79.6 Å². The molecular weight excluding hydrogens is 1380 g/mol. The lowest BCUT2D eigenvalue weighted by molar-refractivity contribution is -0.132. The van der Waals surface area contributed by atoms with Crippen molar-refractivity contribution >= 4 is 106 Å². The van der Waals surface area contributed by atoms with Crippen molar-refractivity contribution in [2.24, 2.45) is 34.5 Å². The number of sulfonamides is 2. The number of amides is 3. The van der Waals surface area contributed by atoms with Crippen LogP contribution in [0.25, 0.3) is 43.2 Å². The van der Waals surface area contributed by atoms with Crippen molar-refractivity contribution in [1.29, 1.82) is 0 Å². The minimum absolute atomic E-state index is 0. The van der Waals surface area contributed by atoms with Gasteiger partial charge in [0.05, 0.1) is 69.6 Å². The number of ketones is 2. The van der Waals surface area contributed by atoms with Crippen LogP contribution in [0.15, 0.2) is 72.5 Å². The van der Waals surface area contributed by atoms with Crippen LogP contribution in [0.1, 0.15) is 162 Å². The average Bonchev–Trinajstić information content (AvgIpc) is 1.57. The minimum atomic E-state index is -3.93. The molecule has 6 fully saturated rings. The highest BCUT2D eigenvalue weighted by Gasteiger charge is 2.64. The largest absolute Gasteiger partial charge is 0.496 e. The van der Waals surface area contributed by atoms with Crippen molar-refractivity contribution < 1.29 is 64.5 Å². The Balaban J connectivity index is 0.000000216. The molecule has 22 nitrogen and oxygen atoms in total. The third-order valence-electron chi connectivity index (χ3n) is 21.1. The topological polar surface area (TPSA) is 291 Å². The number of allylic oxidation sites excluding steroid dienone is 2. The Morgan fingerprint density at radius 2 is 1.10 bits per heavy atom. The summed E-state index contributed by atoms with van der Waals surface area (Å²) in [5.74, 6) is -0.188. The number of Topliss-reactive ketones (excluding diaryl/α,β-unsaturated/α-hetero) is 2. The van der Waals surface area contributed by atoms with E-state index in [0.717, 1.165) is 54.6 Å².